The van der Waals surface area contributed by atoms with Crippen LogP contribution in [-0.4, -0.2) is 36.1 Å². The van der Waals surface area contributed by atoms with E-state index in [1.165, 1.54) is 0 Å². The lowest BCUT2D eigenvalue weighted by molar-refractivity contribution is -0.143. The maximum atomic E-state index is 13.0. The summed E-state index contributed by atoms with van der Waals surface area (Å²) in [6, 6.07) is 0.821. The SMILES string of the molecule is CC(C)C(C(=O)N1C(C)CC[C@H]1C)C1CCCOC1. The van der Waals surface area contributed by atoms with Gasteiger partial charge in [-0.3, -0.25) is 4.79 Å². The van der Waals surface area contributed by atoms with Crippen molar-refractivity contribution in [2.24, 2.45) is 17.8 Å². The van der Waals surface area contributed by atoms with Gasteiger partial charge in [-0.1, -0.05) is 13.8 Å². The van der Waals surface area contributed by atoms with Crippen LogP contribution in [-0.2, 0) is 9.53 Å². The van der Waals surface area contributed by atoms with E-state index in [4.69, 9.17) is 4.74 Å². The van der Waals surface area contributed by atoms with Crippen LogP contribution in [0, 0.1) is 17.8 Å². The van der Waals surface area contributed by atoms with Crippen LogP contribution in [0.25, 0.3) is 0 Å². The Bertz CT molecular complexity index is 300. The van der Waals surface area contributed by atoms with Gasteiger partial charge < -0.3 is 9.64 Å². The Balaban J connectivity index is 2.11. The molecule has 2 aliphatic heterocycles. The van der Waals surface area contributed by atoms with E-state index in [-0.39, 0.29) is 5.92 Å². The molecule has 3 unspecified atom stereocenters. The summed E-state index contributed by atoms with van der Waals surface area (Å²) in [6.07, 6.45) is 4.55. The second-order valence-electron chi connectivity index (χ2n) is 6.77. The first kappa shape index (κ1) is 14.8. The van der Waals surface area contributed by atoms with E-state index < -0.39 is 0 Å². The molecule has 0 radical (unpaired) electrons. The van der Waals surface area contributed by atoms with E-state index >= 15 is 0 Å². The van der Waals surface area contributed by atoms with Crippen molar-refractivity contribution in [2.45, 2.75) is 65.5 Å². The van der Waals surface area contributed by atoms with Crippen LogP contribution in [0.1, 0.15) is 53.4 Å². The molecule has 3 nitrogen and oxygen atoms in total. The molecular weight excluding hydrogens is 238 g/mol. The number of likely N-dealkylation sites (tertiary alicyclic amines) is 1. The highest BCUT2D eigenvalue weighted by Crippen LogP contribution is 2.34. The number of rotatable bonds is 3. The van der Waals surface area contributed by atoms with E-state index in [0.29, 0.717) is 29.8 Å². The minimum absolute atomic E-state index is 0.142. The number of hydrogen-bond donors (Lipinski definition) is 0. The number of ether oxygens (including phenoxy) is 1. The monoisotopic (exact) mass is 267 g/mol. The van der Waals surface area contributed by atoms with Gasteiger partial charge in [0, 0.05) is 24.6 Å². The summed E-state index contributed by atoms with van der Waals surface area (Å²) in [7, 11) is 0. The molecule has 0 aliphatic carbocycles. The van der Waals surface area contributed by atoms with E-state index in [0.717, 1.165) is 38.9 Å². The number of carbonyl (C=O) groups is 1. The highest BCUT2D eigenvalue weighted by Gasteiger charge is 2.40. The molecule has 0 aromatic heterocycles. The van der Waals surface area contributed by atoms with Gasteiger partial charge in [0.05, 0.1) is 6.61 Å². The number of nitrogens with zero attached hydrogens (tertiary/aromatic N) is 1. The molecular formula is C16H29NO2. The quantitative estimate of drug-likeness (QED) is 0.786. The molecule has 0 bridgehead atoms. The van der Waals surface area contributed by atoms with Crippen molar-refractivity contribution < 1.29 is 9.53 Å². The van der Waals surface area contributed by atoms with E-state index in [9.17, 15) is 4.79 Å². The van der Waals surface area contributed by atoms with Crippen molar-refractivity contribution >= 4 is 5.91 Å². The van der Waals surface area contributed by atoms with E-state index in [2.05, 4.69) is 32.6 Å². The molecule has 0 aromatic carbocycles. The Morgan fingerprint density at radius 1 is 1.16 bits per heavy atom. The summed E-state index contributed by atoms with van der Waals surface area (Å²) in [4.78, 5) is 15.1. The molecule has 2 saturated heterocycles. The maximum absolute atomic E-state index is 13.0. The molecule has 4 atom stereocenters. The first-order chi connectivity index (χ1) is 9.02. The lowest BCUT2D eigenvalue weighted by Crippen LogP contribution is -2.47. The summed E-state index contributed by atoms with van der Waals surface area (Å²) in [6.45, 7) is 10.4. The highest BCUT2D eigenvalue weighted by molar-refractivity contribution is 5.80. The Hall–Kier alpha value is -0.570. The fraction of sp³-hybridized carbons (Fsp3) is 0.938. The number of hydrogen-bond acceptors (Lipinski definition) is 2. The Kier molecular flexibility index (Phi) is 4.88. The Morgan fingerprint density at radius 3 is 2.26 bits per heavy atom. The third-order valence-corrected chi connectivity index (χ3v) is 4.91. The molecule has 0 saturated carbocycles. The van der Waals surface area contributed by atoms with Gasteiger partial charge in [0.25, 0.3) is 0 Å². The number of amides is 1. The van der Waals surface area contributed by atoms with Crippen LogP contribution in [0.15, 0.2) is 0 Å². The molecule has 0 aromatic rings. The van der Waals surface area contributed by atoms with Gasteiger partial charge in [0.15, 0.2) is 0 Å². The predicted molar refractivity (Wildman–Crippen MR) is 76.9 cm³/mol. The van der Waals surface area contributed by atoms with Gasteiger partial charge >= 0.3 is 0 Å². The summed E-state index contributed by atoms with van der Waals surface area (Å²) >= 11 is 0. The Morgan fingerprint density at radius 2 is 1.79 bits per heavy atom. The molecule has 110 valence electrons. The van der Waals surface area contributed by atoms with Gasteiger partial charge in [0.1, 0.15) is 0 Å². The third-order valence-electron chi connectivity index (χ3n) is 4.91. The van der Waals surface area contributed by atoms with Crippen molar-refractivity contribution in [1.82, 2.24) is 4.90 Å². The van der Waals surface area contributed by atoms with Gasteiger partial charge in [-0.15, -0.1) is 0 Å². The predicted octanol–water partition coefficient (Wildman–Crippen LogP) is 3.08. The summed E-state index contributed by atoms with van der Waals surface area (Å²) in [5, 5.41) is 0. The second kappa shape index (κ2) is 6.25. The Labute approximate surface area is 117 Å². The minimum Gasteiger partial charge on any atom is -0.381 e. The first-order valence-corrected chi connectivity index (χ1v) is 7.92. The molecule has 2 fully saturated rings. The van der Waals surface area contributed by atoms with Crippen LogP contribution >= 0.6 is 0 Å². The van der Waals surface area contributed by atoms with Gasteiger partial charge in [-0.05, 0) is 51.4 Å². The van der Waals surface area contributed by atoms with Gasteiger partial charge in [-0.2, -0.15) is 0 Å². The molecule has 0 spiro atoms. The molecule has 2 rings (SSSR count). The number of carbonyl (C=O) groups excluding carboxylic acids is 1. The standard InChI is InChI=1S/C16H29NO2/c1-11(2)15(14-6-5-9-19-10-14)16(18)17-12(3)7-8-13(17)4/h11-15H,5-10H2,1-4H3/t12-,13?,14?,15?/m1/s1. The zero-order chi connectivity index (χ0) is 14.0. The van der Waals surface area contributed by atoms with E-state index in [1.807, 2.05) is 0 Å². The van der Waals surface area contributed by atoms with Crippen LogP contribution < -0.4 is 0 Å². The van der Waals surface area contributed by atoms with Crippen molar-refractivity contribution in [3.63, 3.8) is 0 Å². The fourth-order valence-corrected chi connectivity index (χ4v) is 3.88. The molecule has 1 amide bonds. The molecule has 3 heteroatoms. The second-order valence-corrected chi connectivity index (χ2v) is 6.77. The molecule has 19 heavy (non-hydrogen) atoms. The van der Waals surface area contributed by atoms with Crippen LogP contribution in [0.5, 0.6) is 0 Å². The van der Waals surface area contributed by atoms with E-state index in [1.54, 1.807) is 0 Å². The summed E-state index contributed by atoms with van der Waals surface area (Å²) in [5.74, 6) is 1.34. The largest absolute Gasteiger partial charge is 0.381 e. The molecule has 0 N–H and O–H groups in total. The van der Waals surface area contributed by atoms with Crippen molar-refractivity contribution in [1.29, 1.82) is 0 Å². The lowest BCUT2D eigenvalue weighted by Gasteiger charge is -2.37. The smallest absolute Gasteiger partial charge is 0.226 e. The average Bonchev–Trinajstić information content (AvgIpc) is 2.70. The zero-order valence-corrected chi connectivity index (χ0v) is 12.9. The van der Waals surface area contributed by atoms with Crippen molar-refractivity contribution in [3.05, 3.63) is 0 Å². The van der Waals surface area contributed by atoms with Crippen molar-refractivity contribution in [2.75, 3.05) is 13.2 Å². The first-order valence-electron chi connectivity index (χ1n) is 7.92. The topological polar surface area (TPSA) is 29.5 Å². The van der Waals surface area contributed by atoms with Gasteiger partial charge in [0.2, 0.25) is 5.91 Å². The fourth-order valence-electron chi connectivity index (χ4n) is 3.88. The van der Waals surface area contributed by atoms with Gasteiger partial charge in [-0.25, -0.2) is 0 Å². The van der Waals surface area contributed by atoms with Crippen LogP contribution in [0.4, 0.5) is 0 Å². The highest BCUT2D eigenvalue weighted by atomic mass is 16.5. The average molecular weight is 267 g/mol. The normalized spacial score (nSPS) is 33.7. The van der Waals surface area contributed by atoms with Crippen LogP contribution in [0.2, 0.25) is 0 Å². The third kappa shape index (κ3) is 3.13. The summed E-state index contributed by atoms with van der Waals surface area (Å²) < 4.78 is 5.61. The zero-order valence-electron chi connectivity index (χ0n) is 12.9. The molecule has 2 aliphatic rings. The summed E-state index contributed by atoms with van der Waals surface area (Å²) in [5.41, 5.74) is 0. The minimum atomic E-state index is 0.142. The lowest BCUT2D eigenvalue weighted by atomic mass is 9.79. The van der Waals surface area contributed by atoms with Crippen LogP contribution in [0.3, 0.4) is 0 Å². The molecule has 2 heterocycles. The van der Waals surface area contributed by atoms with Crippen molar-refractivity contribution in [3.8, 4) is 0 Å². The maximum Gasteiger partial charge on any atom is 0.226 e.